The molecule has 0 unspecified atom stereocenters. The molecule has 1 fully saturated rings. The first-order valence-electron chi connectivity index (χ1n) is 9.26. The van der Waals surface area contributed by atoms with Gasteiger partial charge in [0.15, 0.2) is 0 Å². The Morgan fingerprint density at radius 3 is 2.59 bits per heavy atom. The fourth-order valence-electron chi connectivity index (χ4n) is 2.94. The van der Waals surface area contributed by atoms with Crippen LogP contribution in [0.1, 0.15) is 11.1 Å². The van der Waals surface area contributed by atoms with Crippen molar-refractivity contribution in [1.29, 1.82) is 0 Å². The highest BCUT2D eigenvalue weighted by Crippen LogP contribution is 2.28. The molecule has 0 saturated carbocycles. The highest BCUT2D eigenvalue weighted by Gasteiger charge is 2.29. The normalized spacial score (nSPS) is 15.3. The van der Waals surface area contributed by atoms with E-state index in [1.54, 1.807) is 18.2 Å². The van der Waals surface area contributed by atoms with Gasteiger partial charge < -0.3 is 14.8 Å². The largest absolute Gasteiger partial charge is 0.495 e. The van der Waals surface area contributed by atoms with Crippen LogP contribution in [0, 0.1) is 0 Å². The van der Waals surface area contributed by atoms with Gasteiger partial charge in [-0.2, -0.15) is 4.31 Å². The summed E-state index contributed by atoms with van der Waals surface area (Å²) in [6.45, 7) is 1.75. The molecule has 0 radical (unpaired) electrons. The number of amides is 1. The van der Waals surface area contributed by atoms with E-state index < -0.39 is 10.0 Å². The Labute approximate surface area is 171 Å². The van der Waals surface area contributed by atoms with Crippen molar-refractivity contribution in [1.82, 2.24) is 9.62 Å². The number of nitrogens with zero attached hydrogens (tertiary/aromatic N) is 1. The lowest BCUT2D eigenvalue weighted by atomic mass is 10.2. The predicted molar refractivity (Wildman–Crippen MR) is 110 cm³/mol. The zero-order chi connectivity index (χ0) is 20.7. The Morgan fingerprint density at radius 2 is 1.90 bits per heavy atom. The topological polar surface area (TPSA) is 84.9 Å². The second-order valence-electron chi connectivity index (χ2n) is 6.46. The van der Waals surface area contributed by atoms with E-state index in [0.29, 0.717) is 38.4 Å². The van der Waals surface area contributed by atoms with E-state index in [2.05, 4.69) is 5.32 Å². The van der Waals surface area contributed by atoms with Crippen molar-refractivity contribution < 1.29 is 22.7 Å². The number of sulfonamides is 1. The molecule has 0 aliphatic carbocycles. The molecule has 29 heavy (non-hydrogen) atoms. The van der Waals surface area contributed by atoms with Crippen molar-refractivity contribution in [3.8, 4) is 5.75 Å². The van der Waals surface area contributed by atoms with Gasteiger partial charge in [-0.15, -0.1) is 0 Å². The molecule has 2 aromatic carbocycles. The Kier molecular flexibility index (Phi) is 7.03. The van der Waals surface area contributed by atoms with Crippen molar-refractivity contribution in [3.05, 3.63) is 65.7 Å². The van der Waals surface area contributed by atoms with Gasteiger partial charge in [-0.3, -0.25) is 4.79 Å². The number of carbonyl (C=O) groups is 1. The first kappa shape index (κ1) is 21.0. The molecule has 1 amide bonds. The summed E-state index contributed by atoms with van der Waals surface area (Å²) in [6.07, 6.45) is 2.97. The molecule has 0 bridgehead atoms. The van der Waals surface area contributed by atoms with E-state index in [0.717, 1.165) is 5.56 Å². The zero-order valence-corrected chi connectivity index (χ0v) is 17.0. The van der Waals surface area contributed by atoms with Gasteiger partial charge in [0.05, 0.1) is 20.3 Å². The summed E-state index contributed by atoms with van der Waals surface area (Å²) in [5, 5.41) is 2.80. The summed E-state index contributed by atoms with van der Waals surface area (Å²) in [7, 11) is -2.29. The molecule has 1 aliphatic rings. The van der Waals surface area contributed by atoms with E-state index in [4.69, 9.17) is 9.47 Å². The van der Waals surface area contributed by atoms with Crippen molar-refractivity contribution in [2.45, 2.75) is 11.4 Å². The molecular weight excluding hydrogens is 392 g/mol. The summed E-state index contributed by atoms with van der Waals surface area (Å²) in [6, 6.07) is 14.4. The first-order valence-corrected chi connectivity index (χ1v) is 10.7. The average molecular weight is 416 g/mol. The molecule has 1 aliphatic heterocycles. The zero-order valence-electron chi connectivity index (χ0n) is 16.2. The van der Waals surface area contributed by atoms with Gasteiger partial charge >= 0.3 is 0 Å². The lowest BCUT2D eigenvalue weighted by Crippen LogP contribution is -2.40. The van der Waals surface area contributed by atoms with Crippen LogP contribution in [-0.2, 0) is 26.1 Å². The van der Waals surface area contributed by atoms with Crippen LogP contribution in [0.25, 0.3) is 6.08 Å². The van der Waals surface area contributed by atoms with Gasteiger partial charge in [0.2, 0.25) is 15.9 Å². The molecule has 0 spiro atoms. The van der Waals surface area contributed by atoms with Gasteiger partial charge in [-0.05, 0) is 29.3 Å². The minimum absolute atomic E-state index is 0.0775. The SMILES string of the molecule is COc1ccc(C=CC(=O)NCc2ccccc2)cc1S(=O)(=O)N1CCOCC1. The predicted octanol–water partition coefficient (Wildman–Crippen LogP) is 2.05. The van der Waals surface area contributed by atoms with E-state index in [1.165, 1.54) is 23.6 Å². The Balaban J connectivity index is 1.74. The van der Waals surface area contributed by atoms with Crippen molar-refractivity contribution >= 4 is 22.0 Å². The number of hydrogen-bond acceptors (Lipinski definition) is 5. The number of benzene rings is 2. The van der Waals surface area contributed by atoms with Gasteiger partial charge in [-0.1, -0.05) is 36.4 Å². The standard InChI is InChI=1S/C21H24N2O5S/c1-27-19-9-7-17(8-10-21(24)22-16-18-5-3-2-4-6-18)15-20(19)29(25,26)23-11-13-28-14-12-23/h2-10,15H,11-14,16H2,1H3,(H,22,24). The Morgan fingerprint density at radius 1 is 1.17 bits per heavy atom. The third kappa shape index (κ3) is 5.44. The van der Waals surface area contributed by atoms with Crippen molar-refractivity contribution in [2.75, 3.05) is 33.4 Å². The molecule has 3 rings (SSSR count). The van der Waals surface area contributed by atoms with Gasteiger partial charge in [0, 0.05) is 25.7 Å². The molecule has 0 aromatic heterocycles. The van der Waals surface area contributed by atoms with Crippen LogP contribution in [0.4, 0.5) is 0 Å². The van der Waals surface area contributed by atoms with Crippen LogP contribution in [-0.4, -0.2) is 52.0 Å². The molecule has 7 nitrogen and oxygen atoms in total. The molecule has 0 atom stereocenters. The number of methoxy groups -OCH3 is 1. The van der Waals surface area contributed by atoms with Crippen LogP contribution in [0.2, 0.25) is 0 Å². The minimum atomic E-state index is -3.72. The first-order chi connectivity index (χ1) is 14.0. The van der Waals surface area contributed by atoms with Crippen LogP contribution in [0.3, 0.4) is 0 Å². The van der Waals surface area contributed by atoms with Crippen LogP contribution >= 0.6 is 0 Å². The van der Waals surface area contributed by atoms with Crippen molar-refractivity contribution in [2.24, 2.45) is 0 Å². The monoisotopic (exact) mass is 416 g/mol. The number of carbonyl (C=O) groups excluding carboxylic acids is 1. The second kappa shape index (κ2) is 9.69. The van der Waals surface area contributed by atoms with E-state index >= 15 is 0 Å². The third-order valence-corrected chi connectivity index (χ3v) is 6.43. The maximum Gasteiger partial charge on any atom is 0.246 e. The quantitative estimate of drug-likeness (QED) is 0.699. The summed E-state index contributed by atoms with van der Waals surface area (Å²) < 4.78 is 37.9. The molecule has 1 saturated heterocycles. The molecule has 1 heterocycles. The number of hydrogen-bond donors (Lipinski definition) is 1. The number of nitrogens with one attached hydrogen (secondary N) is 1. The lowest BCUT2D eigenvalue weighted by molar-refractivity contribution is -0.116. The van der Waals surface area contributed by atoms with Gasteiger partial charge in [0.1, 0.15) is 10.6 Å². The number of morpholine rings is 1. The molecule has 154 valence electrons. The minimum Gasteiger partial charge on any atom is -0.495 e. The van der Waals surface area contributed by atoms with Crippen LogP contribution in [0.15, 0.2) is 59.5 Å². The average Bonchev–Trinajstić information content (AvgIpc) is 2.77. The maximum atomic E-state index is 13.0. The smallest absolute Gasteiger partial charge is 0.246 e. The fourth-order valence-corrected chi connectivity index (χ4v) is 4.54. The van der Waals surface area contributed by atoms with Gasteiger partial charge in [0.25, 0.3) is 0 Å². The fraction of sp³-hybridized carbons (Fsp3) is 0.286. The molecular formula is C21H24N2O5S. The van der Waals surface area contributed by atoms with E-state index in [-0.39, 0.29) is 16.6 Å². The van der Waals surface area contributed by atoms with Crippen LogP contribution in [0.5, 0.6) is 5.75 Å². The maximum absolute atomic E-state index is 13.0. The second-order valence-corrected chi connectivity index (χ2v) is 8.37. The Bertz CT molecular complexity index is 968. The summed E-state index contributed by atoms with van der Waals surface area (Å²) in [5.74, 6) is 0.00410. The Hall–Kier alpha value is -2.68. The third-order valence-electron chi connectivity index (χ3n) is 4.51. The summed E-state index contributed by atoms with van der Waals surface area (Å²) in [4.78, 5) is 12.2. The highest BCUT2D eigenvalue weighted by molar-refractivity contribution is 7.89. The van der Waals surface area contributed by atoms with Gasteiger partial charge in [-0.25, -0.2) is 8.42 Å². The summed E-state index contributed by atoms with van der Waals surface area (Å²) in [5.41, 5.74) is 1.59. The van der Waals surface area contributed by atoms with E-state index in [9.17, 15) is 13.2 Å². The molecule has 2 aromatic rings. The highest BCUT2D eigenvalue weighted by atomic mass is 32.2. The van der Waals surface area contributed by atoms with E-state index in [1.807, 2.05) is 30.3 Å². The number of rotatable bonds is 7. The van der Waals surface area contributed by atoms with Crippen LogP contribution < -0.4 is 10.1 Å². The molecule has 8 heteroatoms. The van der Waals surface area contributed by atoms with Crippen molar-refractivity contribution in [3.63, 3.8) is 0 Å². The summed E-state index contributed by atoms with van der Waals surface area (Å²) >= 11 is 0. The lowest BCUT2D eigenvalue weighted by Gasteiger charge is -2.26. The molecule has 1 N–H and O–H groups in total. The number of ether oxygens (including phenoxy) is 2.